The zero-order chi connectivity index (χ0) is 24.2. The summed E-state index contributed by atoms with van der Waals surface area (Å²) in [4.78, 5) is 0. The predicted octanol–water partition coefficient (Wildman–Crippen LogP) is 8.99. The van der Waals surface area contributed by atoms with E-state index in [-0.39, 0.29) is 11.6 Å². The van der Waals surface area contributed by atoms with Gasteiger partial charge in [-0.15, -0.1) is 6.58 Å². The third kappa shape index (κ3) is 7.66. The van der Waals surface area contributed by atoms with Gasteiger partial charge in [0.1, 0.15) is 11.6 Å². The highest BCUT2D eigenvalue weighted by Crippen LogP contribution is 2.25. The Morgan fingerprint density at radius 2 is 1.41 bits per heavy atom. The standard InChI is InChI=1S/C32H34F2/c1-3-5-7-11-25-15-19-28(20-16-25)30-22-18-27(24-32(30)34)13-9-10-14-29-21-17-26(23-31(29)33)12-8-6-4-2/h3-4,6,9-10,15-24H,1,5,7-8,11-14H2,2H3/b6-4+,10-9+. The summed E-state index contributed by atoms with van der Waals surface area (Å²) in [6, 6.07) is 19.0. The van der Waals surface area contributed by atoms with Crippen LogP contribution in [-0.4, -0.2) is 0 Å². The fraction of sp³-hybridized carbons (Fsp3) is 0.250. The van der Waals surface area contributed by atoms with Crippen LogP contribution in [0.5, 0.6) is 0 Å². The van der Waals surface area contributed by atoms with Crippen LogP contribution in [0.15, 0.2) is 97.6 Å². The topological polar surface area (TPSA) is 0 Å². The van der Waals surface area contributed by atoms with Crippen LogP contribution in [0.25, 0.3) is 11.1 Å². The molecular weight excluding hydrogens is 422 g/mol. The van der Waals surface area contributed by atoms with Crippen LogP contribution in [0.3, 0.4) is 0 Å². The molecular formula is C32H34F2. The molecule has 2 heteroatoms. The summed E-state index contributed by atoms with van der Waals surface area (Å²) in [5, 5.41) is 0. The Morgan fingerprint density at radius 1 is 0.706 bits per heavy atom. The average molecular weight is 457 g/mol. The summed E-state index contributed by atoms with van der Waals surface area (Å²) in [7, 11) is 0. The molecule has 0 spiro atoms. The summed E-state index contributed by atoms with van der Waals surface area (Å²) in [6.07, 6.45) is 16.0. The van der Waals surface area contributed by atoms with Crippen molar-refractivity contribution in [3.05, 3.63) is 132 Å². The van der Waals surface area contributed by atoms with Gasteiger partial charge in [-0.3, -0.25) is 0 Å². The third-order valence-electron chi connectivity index (χ3n) is 5.98. The van der Waals surface area contributed by atoms with E-state index in [2.05, 4.69) is 24.8 Å². The minimum atomic E-state index is -0.218. The largest absolute Gasteiger partial charge is 0.207 e. The van der Waals surface area contributed by atoms with E-state index >= 15 is 0 Å². The maximum Gasteiger partial charge on any atom is 0.131 e. The van der Waals surface area contributed by atoms with Crippen molar-refractivity contribution in [3.8, 4) is 11.1 Å². The lowest BCUT2D eigenvalue weighted by Gasteiger charge is -2.07. The number of allylic oxidation sites excluding steroid dienone is 5. The molecule has 0 aliphatic carbocycles. The van der Waals surface area contributed by atoms with Gasteiger partial charge in [0.15, 0.2) is 0 Å². The molecule has 0 heterocycles. The van der Waals surface area contributed by atoms with Crippen molar-refractivity contribution in [1.29, 1.82) is 0 Å². The average Bonchev–Trinajstić information content (AvgIpc) is 2.84. The number of unbranched alkanes of at least 4 members (excludes halogenated alkanes) is 1. The zero-order valence-electron chi connectivity index (χ0n) is 20.1. The SMILES string of the molecule is C=CCCCc1ccc(-c2ccc(C/C=C/Cc3ccc(CC/C=C/C)cc3F)cc2F)cc1. The fourth-order valence-electron chi connectivity index (χ4n) is 3.98. The second-order valence-electron chi connectivity index (χ2n) is 8.61. The number of aryl methyl sites for hydroxylation is 2. The Balaban J connectivity index is 1.55. The van der Waals surface area contributed by atoms with E-state index in [1.165, 1.54) is 5.56 Å². The van der Waals surface area contributed by atoms with Gasteiger partial charge in [-0.1, -0.05) is 78.9 Å². The van der Waals surface area contributed by atoms with Crippen molar-refractivity contribution in [2.75, 3.05) is 0 Å². The molecule has 0 amide bonds. The molecule has 0 bridgehead atoms. The van der Waals surface area contributed by atoms with Gasteiger partial charge in [-0.25, -0.2) is 8.78 Å². The zero-order valence-corrected chi connectivity index (χ0v) is 20.1. The van der Waals surface area contributed by atoms with Crippen LogP contribution in [0.4, 0.5) is 8.78 Å². The highest BCUT2D eigenvalue weighted by atomic mass is 19.1. The van der Waals surface area contributed by atoms with Gasteiger partial charge in [0.2, 0.25) is 0 Å². The number of hydrogen-bond acceptors (Lipinski definition) is 0. The Hall–Kier alpha value is -3.26. The van der Waals surface area contributed by atoms with E-state index in [0.29, 0.717) is 24.0 Å². The van der Waals surface area contributed by atoms with Gasteiger partial charge in [-0.05, 0) is 91.8 Å². The molecule has 176 valence electrons. The lowest BCUT2D eigenvalue weighted by molar-refractivity contribution is 0.612. The van der Waals surface area contributed by atoms with E-state index in [4.69, 9.17) is 0 Å². The van der Waals surface area contributed by atoms with Crippen LogP contribution in [0, 0.1) is 11.6 Å². The van der Waals surface area contributed by atoms with Crippen molar-refractivity contribution in [3.63, 3.8) is 0 Å². The van der Waals surface area contributed by atoms with E-state index in [1.54, 1.807) is 12.1 Å². The number of hydrogen-bond donors (Lipinski definition) is 0. The molecule has 0 radical (unpaired) electrons. The van der Waals surface area contributed by atoms with Crippen LogP contribution >= 0.6 is 0 Å². The Labute approximate surface area is 203 Å². The smallest absolute Gasteiger partial charge is 0.131 e. The summed E-state index contributed by atoms with van der Waals surface area (Å²) in [5.74, 6) is -0.380. The third-order valence-corrected chi connectivity index (χ3v) is 5.98. The molecule has 3 aromatic carbocycles. The fourth-order valence-corrected chi connectivity index (χ4v) is 3.98. The minimum Gasteiger partial charge on any atom is -0.207 e. The number of halogens is 2. The molecule has 0 atom stereocenters. The van der Waals surface area contributed by atoms with Crippen molar-refractivity contribution >= 4 is 0 Å². The van der Waals surface area contributed by atoms with Gasteiger partial charge in [0.25, 0.3) is 0 Å². The molecule has 0 nitrogen and oxygen atoms in total. The molecule has 0 unspecified atom stereocenters. The molecule has 0 saturated carbocycles. The summed E-state index contributed by atoms with van der Waals surface area (Å²) < 4.78 is 29.1. The first-order chi connectivity index (χ1) is 16.6. The molecule has 0 fully saturated rings. The number of benzene rings is 3. The highest BCUT2D eigenvalue weighted by molar-refractivity contribution is 5.64. The van der Waals surface area contributed by atoms with E-state index in [1.807, 2.05) is 67.6 Å². The van der Waals surface area contributed by atoms with Crippen molar-refractivity contribution in [2.24, 2.45) is 0 Å². The molecule has 0 N–H and O–H groups in total. The quantitative estimate of drug-likeness (QED) is 0.188. The Kier molecular flexibility index (Phi) is 10.0. The second-order valence-corrected chi connectivity index (χ2v) is 8.61. The van der Waals surface area contributed by atoms with Crippen LogP contribution in [0.2, 0.25) is 0 Å². The summed E-state index contributed by atoms with van der Waals surface area (Å²) >= 11 is 0. The maximum atomic E-state index is 14.8. The molecule has 0 aliphatic heterocycles. The molecule has 0 saturated heterocycles. The van der Waals surface area contributed by atoms with Crippen LogP contribution in [-0.2, 0) is 25.7 Å². The molecule has 0 aliphatic rings. The molecule has 3 aromatic rings. The van der Waals surface area contributed by atoms with Gasteiger partial charge < -0.3 is 0 Å². The monoisotopic (exact) mass is 456 g/mol. The lowest BCUT2D eigenvalue weighted by Crippen LogP contribution is -1.93. The first kappa shape index (κ1) is 25.4. The maximum absolute atomic E-state index is 14.8. The van der Waals surface area contributed by atoms with Crippen molar-refractivity contribution in [2.45, 2.75) is 51.9 Å². The second kappa shape index (κ2) is 13.4. The first-order valence-electron chi connectivity index (χ1n) is 12.1. The van der Waals surface area contributed by atoms with Gasteiger partial charge in [0, 0.05) is 5.56 Å². The van der Waals surface area contributed by atoms with Crippen molar-refractivity contribution in [1.82, 2.24) is 0 Å². The van der Waals surface area contributed by atoms with Crippen LogP contribution in [0.1, 0.15) is 48.4 Å². The van der Waals surface area contributed by atoms with Gasteiger partial charge in [0.05, 0.1) is 0 Å². The van der Waals surface area contributed by atoms with E-state index in [9.17, 15) is 8.78 Å². The summed E-state index contributed by atoms with van der Waals surface area (Å²) in [6.45, 7) is 5.74. The lowest BCUT2D eigenvalue weighted by atomic mass is 9.99. The van der Waals surface area contributed by atoms with E-state index in [0.717, 1.165) is 48.8 Å². The Morgan fingerprint density at radius 3 is 2.12 bits per heavy atom. The highest BCUT2D eigenvalue weighted by Gasteiger charge is 2.07. The molecule has 3 rings (SSSR count). The predicted molar refractivity (Wildman–Crippen MR) is 141 cm³/mol. The normalized spacial score (nSPS) is 11.5. The Bertz CT molecular complexity index is 1120. The van der Waals surface area contributed by atoms with E-state index < -0.39 is 0 Å². The first-order valence-corrected chi connectivity index (χ1v) is 12.1. The van der Waals surface area contributed by atoms with Gasteiger partial charge in [-0.2, -0.15) is 0 Å². The summed E-state index contributed by atoms with van der Waals surface area (Å²) in [5.41, 5.74) is 5.35. The number of rotatable bonds is 12. The molecule has 0 aromatic heterocycles. The van der Waals surface area contributed by atoms with Crippen molar-refractivity contribution < 1.29 is 8.78 Å². The molecule has 34 heavy (non-hydrogen) atoms. The van der Waals surface area contributed by atoms with Gasteiger partial charge >= 0.3 is 0 Å². The minimum absolute atomic E-state index is 0.162. The van der Waals surface area contributed by atoms with Crippen LogP contribution < -0.4 is 0 Å².